The molecule has 2 rings (SSSR count). The molecule has 1 N–H and O–H groups in total. The average Bonchev–Trinajstić information content (AvgIpc) is 2.43. The molecule has 62 valence electrons. The Balaban J connectivity index is 1.88. The maximum absolute atomic E-state index is 10.3. The third kappa shape index (κ3) is 1.13. The molecular weight excluding hydrogens is 144 g/mol. The molecule has 3 heteroatoms. The summed E-state index contributed by atoms with van der Waals surface area (Å²) >= 11 is 0. The van der Waals surface area contributed by atoms with E-state index in [1.165, 1.54) is 0 Å². The van der Waals surface area contributed by atoms with Gasteiger partial charge in [0.1, 0.15) is 0 Å². The molecule has 0 aromatic carbocycles. The fourth-order valence-corrected chi connectivity index (χ4v) is 2.04. The third-order valence-electron chi connectivity index (χ3n) is 2.91. The molecule has 11 heavy (non-hydrogen) atoms. The van der Waals surface area contributed by atoms with Crippen molar-refractivity contribution < 1.29 is 14.6 Å². The lowest BCUT2D eigenvalue weighted by atomic mass is 10.0. The quantitative estimate of drug-likeness (QED) is 0.645. The van der Waals surface area contributed by atoms with Gasteiger partial charge >= 0.3 is 5.97 Å². The zero-order valence-electron chi connectivity index (χ0n) is 6.38. The van der Waals surface area contributed by atoms with Crippen LogP contribution in [0.25, 0.3) is 0 Å². The van der Waals surface area contributed by atoms with Gasteiger partial charge < -0.3 is 9.84 Å². The van der Waals surface area contributed by atoms with Gasteiger partial charge in [0.05, 0.1) is 6.61 Å². The van der Waals surface area contributed by atoms with Crippen molar-refractivity contribution in [2.45, 2.75) is 19.3 Å². The van der Waals surface area contributed by atoms with Gasteiger partial charge in [-0.2, -0.15) is 0 Å². The molecule has 1 spiro atoms. The van der Waals surface area contributed by atoms with Crippen LogP contribution < -0.4 is 0 Å². The lowest BCUT2D eigenvalue weighted by Gasteiger charge is -2.02. The Kier molecular flexibility index (Phi) is 1.42. The normalized spacial score (nSPS) is 41.3. The Morgan fingerprint density at radius 2 is 2.55 bits per heavy atom. The standard InChI is InChI=1S/C8H12O3/c9-7(10)3-6-4-8(6)1-2-11-5-8/h6H,1-5H2,(H,9,10). The summed E-state index contributed by atoms with van der Waals surface area (Å²) < 4.78 is 5.24. The maximum atomic E-state index is 10.3. The Hall–Kier alpha value is -0.570. The summed E-state index contributed by atoms with van der Waals surface area (Å²) in [4.78, 5) is 10.3. The van der Waals surface area contributed by atoms with Crippen molar-refractivity contribution in [2.24, 2.45) is 11.3 Å². The van der Waals surface area contributed by atoms with Gasteiger partial charge in [-0.05, 0) is 24.2 Å². The van der Waals surface area contributed by atoms with E-state index < -0.39 is 5.97 Å². The van der Waals surface area contributed by atoms with E-state index in [4.69, 9.17) is 9.84 Å². The predicted molar refractivity (Wildman–Crippen MR) is 38.2 cm³/mol. The van der Waals surface area contributed by atoms with Crippen molar-refractivity contribution in [2.75, 3.05) is 13.2 Å². The van der Waals surface area contributed by atoms with Crippen LogP contribution in [0.4, 0.5) is 0 Å². The second-order valence-electron chi connectivity index (χ2n) is 3.66. The highest BCUT2D eigenvalue weighted by Crippen LogP contribution is 2.59. The summed E-state index contributed by atoms with van der Waals surface area (Å²) in [6, 6.07) is 0. The molecule has 0 radical (unpaired) electrons. The van der Waals surface area contributed by atoms with Gasteiger partial charge in [0.15, 0.2) is 0 Å². The number of carbonyl (C=O) groups is 1. The Morgan fingerprint density at radius 3 is 3.09 bits per heavy atom. The van der Waals surface area contributed by atoms with E-state index in [1.807, 2.05) is 0 Å². The third-order valence-corrected chi connectivity index (χ3v) is 2.91. The highest BCUT2D eigenvalue weighted by Gasteiger charge is 2.56. The van der Waals surface area contributed by atoms with Gasteiger partial charge in [-0.15, -0.1) is 0 Å². The minimum absolute atomic E-state index is 0.290. The van der Waals surface area contributed by atoms with Crippen LogP contribution in [0.15, 0.2) is 0 Å². The van der Waals surface area contributed by atoms with E-state index in [0.29, 0.717) is 17.8 Å². The first-order valence-corrected chi connectivity index (χ1v) is 4.02. The van der Waals surface area contributed by atoms with E-state index in [0.717, 1.165) is 26.1 Å². The van der Waals surface area contributed by atoms with E-state index in [2.05, 4.69) is 0 Å². The highest BCUT2D eigenvalue weighted by molar-refractivity contribution is 5.67. The molecule has 1 aliphatic carbocycles. The van der Waals surface area contributed by atoms with Crippen molar-refractivity contribution in [3.63, 3.8) is 0 Å². The van der Waals surface area contributed by atoms with Gasteiger partial charge in [-0.1, -0.05) is 0 Å². The fraction of sp³-hybridized carbons (Fsp3) is 0.875. The molecule has 2 atom stereocenters. The fourth-order valence-electron chi connectivity index (χ4n) is 2.04. The van der Waals surface area contributed by atoms with E-state index in [9.17, 15) is 4.79 Å². The van der Waals surface area contributed by atoms with E-state index >= 15 is 0 Å². The smallest absolute Gasteiger partial charge is 0.303 e. The van der Waals surface area contributed by atoms with E-state index in [-0.39, 0.29) is 0 Å². The number of carboxylic acid groups (broad SMARTS) is 1. The molecule has 0 aromatic rings. The summed E-state index contributed by atoms with van der Waals surface area (Å²) in [5.41, 5.74) is 0.290. The monoisotopic (exact) mass is 156 g/mol. The zero-order valence-corrected chi connectivity index (χ0v) is 6.38. The zero-order chi connectivity index (χ0) is 7.90. The predicted octanol–water partition coefficient (Wildman–Crippen LogP) is 0.888. The molecule has 2 unspecified atom stereocenters. The van der Waals surface area contributed by atoms with Crippen LogP contribution in [0.1, 0.15) is 19.3 Å². The second kappa shape index (κ2) is 2.21. The molecule has 0 aromatic heterocycles. The number of carboxylic acids is 1. The lowest BCUT2D eigenvalue weighted by Crippen LogP contribution is -2.06. The van der Waals surface area contributed by atoms with Gasteiger partial charge in [-0.3, -0.25) is 4.79 Å². The first kappa shape index (κ1) is 7.10. The van der Waals surface area contributed by atoms with Crippen LogP contribution in [0.3, 0.4) is 0 Å². The lowest BCUT2D eigenvalue weighted by molar-refractivity contribution is -0.137. The van der Waals surface area contributed by atoms with Crippen LogP contribution in [0.2, 0.25) is 0 Å². The molecule has 0 amide bonds. The molecule has 1 saturated heterocycles. The Bertz CT molecular complexity index is 182. The number of aliphatic carboxylic acids is 1. The molecule has 2 fully saturated rings. The van der Waals surface area contributed by atoms with Crippen LogP contribution in [0.5, 0.6) is 0 Å². The van der Waals surface area contributed by atoms with Gasteiger partial charge in [0, 0.05) is 13.0 Å². The summed E-state index contributed by atoms with van der Waals surface area (Å²) in [5.74, 6) is -0.263. The number of ether oxygens (including phenoxy) is 1. The van der Waals surface area contributed by atoms with Crippen LogP contribution in [-0.4, -0.2) is 24.3 Å². The highest BCUT2D eigenvalue weighted by atomic mass is 16.5. The molecule has 1 saturated carbocycles. The number of hydrogen-bond acceptors (Lipinski definition) is 2. The van der Waals surface area contributed by atoms with E-state index in [1.54, 1.807) is 0 Å². The van der Waals surface area contributed by atoms with Crippen LogP contribution in [-0.2, 0) is 9.53 Å². The van der Waals surface area contributed by atoms with Crippen molar-refractivity contribution in [3.8, 4) is 0 Å². The summed E-state index contributed by atoms with van der Waals surface area (Å²) in [7, 11) is 0. The minimum Gasteiger partial charge on any atom is -0.481 e. The first-order chi connectivity index (χ1) is 5.23. The summed E-state index contributed by atoms with van der Waals surface area (Å²) in [6.45, 7) is 1.63. The Labute approximate surface area is 65.4 Å². The molecule has 0 bridgehead atoms. The van der Waals surface area contributed by atoms with Gasteiger partial charge in [0.25, 0.3) is 0 Å². The first-order valence-electron chi connectivity index (χ1n) is 4.02. The largest absolute Gasteiger partial charge is 0.481 e. The second-order valence-corrected chi connectivity index (χ2v) is 3.66. The van der Waals surface area contributed by atoms with Crippen LogP contribution >= 0.6 is 0 Å². The molecule has 1 heterocycles. The van der Waals surface area contributed by atoms with Crippen molar-refractivity contribution >= 4 is 5.97 Å². The topological polar surface area (TPSA) is 46.5 Å². The van der Waals surface area contributed by atoms with Crippen LogP contribution in [0, 0.1) is 11.3 Å². The molecule has 3 nitrogen and oxygen atoms in total. The van der Waals surface area contributed by atoms with Gasteiger partial charge in [-0.25, -0.2) is 0 Å². The minimum atomic E-state index is -0.668. The number of hydrogen-bond donors (Lipinski definition) is 1. The average molecular weight is 156 g/mol. The molecule has 2 aliphatic rings. The summed E-state index contributed by atoms with van der Waals surface area (Å²) in [6.07, 6.45) is 2.48. The molecular formula is C8H12O3. The SMILES string of the molecule is O=C(O)CC1CC12CCOC2. The molecule has 1 aliphatic heterocycles. The van der Waals surface area contributed by atoms with Crippen molar-refractivity contribution in [1.29, 1.82) is 0 Å². The van der Waals surface area contributed by atoms with Gasteiger partial charge in [0.2, 0.25) is 0 Å². The van der Waals surface area contributed by atoms with Crippen molar-refractivity contribution in [3.05, 3.63) is 0 Å². The number of rotatable bonds is 2. The maximum Gasteiger partial charge on any atom is 0.303 e. The Morgan fingerprint density at radius 1 is 1.73 bits per heavy atom. The van der Waals surface area contributed by atoms with Crippen molar-refractivity contribution in [1.82, 2.24) is 0 Å². The summed E-state index contributed by atoms with van der Waals surface area (Å²) in [5, 5.41) is 8.53.